The molecular formula is C14H17FN4O2S. The van der Waals surface area contributed by atoms with Gasteiger partial charge in [0.15, 0.2) is 0 Å². The summed E-state index contributed by atoms with van der Waals surface area (Å²) >= 11 is 0. The van der Waals surface area contributed by atoms with Crippen molar-refractivity contribution in [3.8, 4) is 5.69 Å². The predicted octanol–water partition coefficient (Wildman–Crippen LogP) is 1.87. The molecule has 0 bridgehead atoms. The average Bonchev–Trinajstić information content (AvgIpc) is 2.73. The number of halogens is 1. The number of aromatic nitrogens is 3. The molecule has 1 aliphatic heterocycles. The summed E-state index contributed by atoms with van der Waals surface area (Å²) in [5.41, 5.74) is 2.09. The summed E-state index contributed by atoms with van der Waals surface area (Å²) < 4.78 is 38.8. The Hall–Kier alpha value is -1.80. The summed E-state index contributed by atoms with van der Waals surface area (Å²) in [6.45, 7) is 3.98. The summed E-state index contributed by atoms with van der Waals surface area (Å²) in [6, 6.07) is 3.66. The Morgan fingerprint density at radius 3 is 2.59 bits per heavy atom. The highest BCUT2D eigenvalue weighted by Crippen LogP contribution is 2.32. The molecule has 0 N–H and O–H groups in total. The Kier molecular flexibility index (Phi) is 3.53. The number of rotatable bonds is 2. The molecule has 8 heteroatoms. The lowest BCUT2D eigenvalue weighted by Gasteiger charge is -2.26. The first-order chi connectivity index (χ1) is 10.3. The highest BCUT2D eigenvalue weighted by Gasteiger charge is 2.35. The summed E-state index contributed by atoms with van der Waals surface area (Å²) in [5.74, 6) is 0. The largest absolute Gasteiger partial charge is 0.375 e. The van der Waals surface area contributed by atoms with Crippen molar-refractivity contribution in [3.63, 3.8) is 0 Å². The zero-order chi connectivity index (χ0) is 16.0. The van der Waals surface area contributed by atoms with Crippen LogP contribution in [-0.4, -0.2) is 34.0 Å². The fourth-order valence-electron chi connectivity index (χ4n) is 2.82. The topological polar surface area (TPSA) is 68.1 Å². The van der Waals surface area contributed by atoms with Gasteiger partial charge in [-0.3, -0.25) is 4.98 Å². The molecule has 0 saturated carbocycles. The summed E-state index contributed by atoms with van der Waals surface area (Å²) in [5, 5.41) is 4.34. The molecule has 0 fully saturated rings. The van der Waals surface area contributed by atoms with E-state index in [0.29, 0.717) is 6.42 Å². The van der Waals surface area contributed by atoms with E-state index in [9.17, 15) is 12.3 Å². The van der Waals surface area contributed by atoms with Gasteiger partial charge in [-0.15, -0.1) is 0 Å². The summed E-state index contributed by atoms with van der Waals surface area (Å²) in [6.07, 6.45) is 5.55. The lowest BCUT2D eigenvalue weighted by atomic mass is 9.88. The van der Waals surface area contributed by atoms with E-state index in [0.717, 1.165) is 21.2 Å². The maximum atomic E-state index is 13.5. The van der Waals surface area contributed by atoms with Crippen LogP contribution in [0.3, 0.4) is 0 Å². The SMILES string of the molecule is CC1(C)Cc2c(cnn2-c2ccncc2)CN(S(=O)(=O)F)C1. The minimum absolute atomic E-state index is 0.00266. The standard InChI is InChI=1S/C14H17FN4O2S/c1-14(2)7-13-11(9-18(10-14)22(15,20)21)8-17-19(13)12-3-5-16-6-4-12/h3-6,8H,7,9-10H2,1-2H3. The van der Waals surface area contributed by atoms with Crippen LogP contribution in [0.25, 0.3) is 5.69 Å². The van der Waals surface area contributed by atoms with E-state index in [2.05, 4.69) is 10.1 Å². The van der Waals surface area contributed by atoms with Gasteiger partial charge in [-0.1, -0.05) is 17.7 Å². The van der Waals surface area contributed by atoms with Gasteiger partial charge in [0, 0.05) is 36.7 Å². The van der Waals surface area contributed by atoms with Crippen molar-refractivity contribution >= 4 is 10.4 Å². The fraction of sp³-hybridized carbons (Fsp3) is 0.429. The summed E-state index contributed by atoms with van der Waals surface area (Å²) in [7, 11) is -4.73. The number of hydrogen-bond donors (Lipinski definition) is 0. The Morgan fingerprint density at radius 1 is 1.27 bits per heavy atom. The molecule has 118 valence electrons. The highest BCUT2D eigenvalue weighted by molar-refractivity contribution is 7.83. The lowest BCUT2D eigenvalue weighted by Crippen LogP contribution is -2.35. The van der Waals surface area contributed by atoms with Crippen molar-refractivity contribution in [2.45, 2.75) is 26.8 Å². The van der Waals surface area contributed by atoms with Crippen LogP contribution in [0, 0.1) is 5.41 Å². The maximum absolute atomic E-state index is 13.5. The number of pyridine rings is 1. The number of hydrogen-bond acceptors (Lipinski definition) is 4. The smallest absolute Gasteiger partial charge is 0.265 e. The molecule has 6 nitrogen and oxygen atoms in total. The first kappa shape index (κ1) is 15.1. The molecule has 2 aromatic heterocycles. The van der Waals surface area contributed by atoms with Crippen LogP contribution in [0.1, 0.15) is 25.1 Å². The lowest BCUT2D eigenvalue weighted by molar-refractivity contribution is 0.255. The van der Waals surface area contributed by atoms with E-state index in [4.69, 9.17) is 0 Å². The first-order valence-electron chi connectivity index (χ1n) is 6.92. The van der Waals surface area contributed by atoms with Gasteiger partial charge in [-0.25, -0.2) is 4.68 Å². The van der Waals surface area contributed by atoms with Crippen molar-refractivity contribution in [1.29, 1.82) is 0 Å². The van der Waals surface area contributed by atoms with Gasteiger partial charge in [-0.2, -0.15) is 17.8 Å². The zero-order valence-corrected chi connectivity index (χ0v) is 13.2. The second-order valence-electron chi connectivity index (χ2n) is 6.28. The van der Waals surface area contributed by atoms with Crippen LogP contribution in [0.2, 0.25) is 0 Å². The van der Waals surface area contributed by atoms with Crippen LogP contribution in [0.15, 0.2) is 30.7 Å². The van der Waals surface area contributed by atoms with Crippen molar-refractivity contribution in [2.75, 3.05) is 6.54 Å². The van der Waals surface area contributed by atoms with Crippen LogP contribution in [0.5, 0.6) is 0 Å². The normalized spacial score (nSPS) is 18.7. The van der Waals surface area contributed by atoms with Crippen molar-refractivity contribution in [2.24, 2.45) is 5.41 Å². The minimum Gasteiger partial charge on any atom is -0.265 e. The molecule has 3 heterocycles. The molecule has 0 radical (unpaired) electrons. The molecule has 1 aliphatic rings. The van der Waals surface area contributed by atoms with Gasteiger partial charge in [0.1, 0.15) is 0 Å². The van der Waals surface area contributed by atoms with E-state index in [1.165, 1.54) is 0 Å². The molecule has 22 heavy (non-hydrogen) atoms. The van der Waals surface area contributed by atoms with Gasteiger partial charge in [0.25, 0.3) is 0 Å². The molecular weight excluding hydrogens is 307 g/mol. The van der Waals surface area contributed by atoms with Crippen molar-refractivity contribution in [3.05, 3.63) is 42.0 Å². The van der Waals surface area contributed by atoms with Crippen LogP contribution >= 0.6 is 0 Å². The second-order valence-corrected chi connectivity index (χ2v) is 7.63. The van der Waals surface area contributed by atoms with Crippen molar-refractivity contribution in [1.82, 2.24) is 19.1 Å². The van der Waals surface area contributed by atoms with E-state index in [-0.39, 0.29) is 13.1 Å². The molecule has 0 unspecified atom stereocenters. The van der Waals surface area contributed by atoms with Crippen molar-refractivity contribution < 1.29 is 12.3 Å². The average molecular weight is 324 g/mol. The van der Waals surface area contributed by atoms with Gasteiger partial charge >= 0.3 is 10.4 Å². The zero-order valence-electron chi connectivity index (χ0n) is 12.4. The Labute approximate surface area is 128 Å². The number of nitrogens with zero attached hydrogens (tertiary/aromatic N) is 4. The van der Waals surface area contributed by atoms with E-state index >= 15 is 0 Å². The molecule has 0 spiro atoms. The Bertz CT molecular complexity index is 786. The van der Waals surface area contributed by atoms with E-state index in [1.54, 1.807) is 23.3 Å². The molecule has 0 atom stereocenters. The van der Waals surface area contributed by atoms with Crippen LogP contribution in [0.4, 0.5) is 3.89 Å². The molecule has 2 aromatic rings. The third-order valence-electron chi connectivity index (χ3n) is 3.77. The minimum atomic E-state index is -4.73. The second kappa shape index (κ2) is 5.13. The van der Waals surface area contributed by atoms with Gasteiger partial charge in [0.2, 0.25) is 0 Å². The monoisotopic (exact) mass is 324 g/mol. The maximum Gasteiger partial charge on any atom is 0.375 e. The summed E-state index contributed by atoms with van der Waals surface area (Å²) in [4.78, 5) is 3.98. The predicted molar refractivity (Wildman–Crippen MR) is 79.3 cm³/mol. The molecule has 0 amide bonds. The van der Waals surface area contributed by atoms with E-state index in [1.807, 2.05) is 26.0 Å². The van der Waals surface area contributed by atoms with Crippen LogP contribution in [-0.2, 0) is 23.4 Å². The van der Waals surface area contributed by atoms with Gasteiger partial charge in [0.05, 0.1) is 11.9 Å². The quantitative estimate of drug-likeness (QED) is 0.791. The fourth-order valence-corrected chi connectivity index (χ4v) is 3.62. The molecule has 0 saturated heterocycles. The van der Waals surface area contributed by atoms with Crippen LogP contribution < -0.4 is 0 Å². The third kappa shape index (κ3) is 2.89. The van der Waals surface area contributed by atoms with Gasteiger partial charge in [-0.05, 0) is 24.0 Å². The van der Waals surface area contributed by atoms with Gasteiger partial charge < -0.3 is 0 Å². The van der Waals surface area contributed by atoms with E-state index < -0.39 is 15.8 Å². The molecule has 3 rings (SSSR count). The first-order valence-corrected chi connectivity index (χ1v) is 8.26. The Balaban J connectivity index is 2.09. The third-order valence-corrected chi connectivity index (χ3v) is 4.64. The number of fused-ring (bicyclic) bond motifs is 1. The molecule has 0 aliphatic carbocycles. The Morgan fingerprint density at radius 2 is 1.95 bits per heavy atom. The molecule has 0 aromatic carbocycles. The highest BCUT2D eigenvalue weighted by atomic mass is 32.3.